The monoisotopic (exact) mass is 316 g/mol. The SMILES string of the molecule is C=C(OC(F)(F)F)/C(F)=C\C(=C)c1ccc(OC(C)=O)cc1. The summed E-state index contributed by atoms with van der Waals surface area (Å²) in [7, 11) is 0. The molecule has 1 rings (SSSR count). The number of rotatable bonds is 5. The lowest BCUT2D eigenvalue weighted by atomic mass is 10.1. The van der Waals surface area contributed by atoms with E-state index in [-0.39, 0.29) is 11.3 Å². The number of allylic oxidation sites excluding steroid dienone is 3. The normalized spacial score (nSPS) is 11.8. The predicted octanol–water partition coefficient (Wildman–Crippen LogP) is 4.53. The van der Waals surface area contributed by atoms with E-state index in [4.69, 9.17) is 4.74 Å². The summed E-state index contributed by atoms with van der Waals surface area (Å²) in [6.45, 7) is 7.62. The van der Waals surface area contributed by atoms with Crippen LogP contribution in [0.1, 0.15) is 12.5 Å². The Bertz CT molecular complexity index is 613. The highest BCUT2D eigenvalue weighted by Gasteiger charge is 2.32. The smallest absolute Gasteiger partial charge is 0.427 e. The Morgan fingerprint density at radius 1 is 1.18 bits per heavy atom. The minimum Gasteiger partial charge on any atom is -0.427 e. The van der Waals surface area contributed by atoms with Crippen LogP contribution >= 0.6 is 0 Å². The van der Waals surface area contributed by atoms with Crippen molar-refractivity contribution < 1.29 is 31.8 Å². The molecule has 0 N–H and O–H groups in total. The second-order valence-electron chi connectivity index (χ2n) is 4.11. The molecular formula is C15H12F4O3. The van der Waals surface area contributed by atoms with Crippen LogP contribution in [-0.2, 0) is 9.53 Å². The van der Waals surface area contributed by atoms with E-state index in [0.29, 0.717) is 5.56 Å². The van der Waals surface area contributed by atoms with E-state index in [1.807, 2.05) is 0 Å². The second kappa shape index (κ2) is 6.93. The van der Waals surface area contributed by atoms with Gasteiger partial charge in [0.2, 0.25) is 0 Å². The number of carbonyl (C=O) groups excluding carboxylic acids is 1. The third kappa shape index (κ3) is 5.82. The summed E-state index contributed by atoms with van der Waals surface area (Å²) < 4.78 is 57.5. The molecule has 0 unspecified atom stereocenters. The number of esters is 1. The van der Waals surface area contributed by atoms with Crippen LogP contribution in [0.2, 0.25) is 0 Å². The number of hydrogen-bond donors (Lipinski definition) is 0. The molecule has 0 aliphatic rings. The lowest BCUT2D eigenvalue weighted by Crippen LogP contribution is -2.12. The maximum Gasteiger partial charge on any atom is 0.573 e. The van der Waals surface area contributed by atoms with Gasteiger partial charge >= 0.3 is 12.3 Å². The van der Waals surface area contributed by atoms with E-state index < -0.39 is 23.9 Å². The van der Waals surface area contributed by atoms with Crippen LogP contribution in [0, 0.1) is 0 Å². The van der Waals surface area contributed by atoms with Crippen LogP contribution in [0.5, 0.6) is 5.75 Å². The van der Waals surface area contributed by atoms with Gasteiger partial charge < -0.3 is 9.47 Å². The van der Waals surface area contributed by atoms with Crippen LogP contribution < -0.4 is 4.74 Å². The minimum absolute atomic E-state index is 0.0961. The Labute approximate surface area is 124 Å². The van der Waals surface area contributed by atoms with E-state index in [1.165, 1.54) is 31.2 Å². The van der Waals surface area contributed by atoms with Crippen molar-refractivity contribution in [3.8, 4) is 5.75 Å². The Balaban J connectivity index is 2.81. The first-order valence-electron chi connectivity index (χ1n) is 5.88. The Morgan fingerprint density at radius 2 is 1.73 bits per heavy atom. The quantitative estimate of drug-likeness (QED) is 0.263. The highest BCUT2D eigenvalue weighted by Crippen LogP contribution is 2.27. The van der Waals surface area contributed by atoms with E-state index in [2.05, 4.69) is 17.9 Å². The zero-order valence-electron chi connectivity index (χ0n) is 11.5. The van der Waals surface area contributed by atoms with Gasteiger partial charge in [-0.1, -0.05) is 25.3 Å². The molecule has 0 aromatic heterocycles. The van der Waals surface area contributed by atoms with Crippen LogP contribution in [-0.4, -0.2) is 12.3 Å². The van der Waals surface area contributed by atoms with E-state index >= 15 is 0 Å². The number of benzene rings is 1. The summed E-state index contributed by atoms with van der Waals surface area (Å²) in [5.74, 6) is -2.69. The molecule has 22 heavy (non-hydrogen) atoms. The van der Waals surface area contributed by atoms with E-state index in [1.54, 1.807) is 0 Å². The highest BCUT2D eigenvalue weighted by molar-refractivity contribution is 5.74. The summed E-state index contributed by atoms with van der Waals surface area (Å²) in [5.41, 5.74) is 0.518. The molecule has 0 radical (unpaired) electrons. The zero-order chi connectivity index (χ0) is 16.9. The number of ether oxygens (including phenoxy) is 2. The Kier molecular flexibility index (Phi) is 5.50. The molecule has 1 aromatic carbocycles. The lowest BCUT2D eigenvalue weighted by Gasteiger charge is -2.10. The molecule has 7 heteroatoms. The topological polar surface area (TPSA) is 35.5 Å². The van der Waals surface area contributed by atoms with Crippen molar-refractivity contribution in [1.29, 1.82) is 0 Å². The van der Waals surface area contributed by atoms with E-state index in [9.17, 15) is 22.4 Å². The van der Waals surface area contributed by atoms with Crippen molar-refractivity contribution in [3.63, 3.8) is 0 Å². The van der Waals surface area contributed by atoms with Crippen molar-refractivity contribution in [2.45, 2.75) is 13.3 Å². The maximum atomic E-state index is 13.5. The van der Waals surface area contributed by atoms with Gasteiger partial charge in [0.15, 0.2) is 11.6 Å². The molecule has 0 atom stereocenters. The zero-order valence-corrected chi connectivity index (χ0v) is 11.5. The molecule has 0 spiro atoms. The minimum atomic E-state index is -5.02. The lowest BCUT2D eigenvalue weighted by molar-refractivity contribution is -0.304. The molecule has 0 heterocycles. The molecule has 0 aliphatic heterocycles. The van der Waals surface area contributed by atoms with Gasteiger partial charge in [0, 0.05) is 6.92 Å². The fourth-order valence-corrected chi connectivity index (χ4v) is 1.41. The fourth-order valence-electron chi connectivity index (χ4n) is 1.41. The first-order valence-corrected chi connectivity index (χ1v) is 5.88. The van der Waals surface area contributed by atoms with Crippen LogP contribution in [0.3, 0.4) is 0 Å². The Hall–Kier alpha value is -2.57. The number of carbonyl (C=O) groups is 1. The van der Waals surface area contributed by atoms with E-state index in [0.717, 1.165) is 6.08 Å². The third-order valence-corrected chi connectivity index (χ3v) is 2.29. The summed E-state index contributed by atoms with van der Waals surface area (Å²) >= 11 is 0. The second-order valence-corrected chi connectivity index (χ2v) is 4.11. The van der Waals surface area contributed by atoms with Gasteiger partial charge in [-0.3, -0.25) is 4.79 Å². The molecule has 0 saturated heterocycles. The van der Waals surface area contributed by atoms with Gasteiger partial charge in [-0.2, -0.15) is 0 Å². The molecule has 118 valence electrons. The average molecular weight is 316 g/mol. The first-order chi connectivity index (χ1) is 10.1. The first kappa shape index (κ1) is 17.5. The van der Waals surface area contributed by atoms with Crippen molar-refractivity contribution >= 4 is 11.5 Å². The molecule has 0 aliphatic carbocycles. The van der Waals surface area contributed by atoms with Crippen molar-refractivity contribution in [2.24, 2.45) is 0 Å². The summed E-state index contributed by atoms with van der Waals surface area (Å²) in [4.78, 5) is 10.8. The van der Waals surface area contributed by atoms with Gasteiger partial charge in [-0.15, -0.1) is 13.2 Å². The van der Waals surface area contributed by atoms with Crippen molar-refractivity contribution in [2.75, 3.05) is 0 Å². The van der Waals surface area contributed by atoms with Gasteiger partial charge in [0.05, 0.1) is 0 Å². The molecular weight excluding hydrogens is 304 g/mol. The van der Waals surface area contributed by atoms with Gasteiger partial charge in [0.25, 0.3) is 0 Å². The molecule has 0 fully saturated rings. The standard InChI is InChI=1S/C15H12F4O3/c1-9(8-14(16)10(2)22-15(17,18)19)12-4-6-13(7-5-12)21-11(3)20/h4-8H,1-2H2,3H3/b14-8+. The van der Waals surface area contributed by atoms with Gasteiger partial charge in [0.1, 0.15) is 5.75 Å². The van der Waals surface area contributed by atoms with Crippen molar-refractivity contribution in [3.05, 3.63) is 60.6 Å². The summed E-state index contributed by atoms with van der Waals surface area (Å²) in [6.07, 6.45) is -4.26. The van der Waals surface area contributed by atoms with Crippen LogP contribution in [0.15, 0.2) is 55.1 Å². The summed E-state index contributed by atoms with van der Waals surface area (Å²) in [5, 5.41) is 0. The van der Waals surface area contributed by atoms with Crippen LogP contribution in [0.4, 0.5) is 17.6 Å². The third-order valence-electron chi connectivity index (χ3n) is 2.29. The summed E-state index contributed by atoms with van der Waals surface area (Å²) in [6, 6.07) is 5.82. The molecule has 3 nitrogen and oxygen atoms in total. The largest absolute Gasteiger partial charge is 0.573 e. The Morgan fingerprint density at radius 3 is 2.18 bits per heavy atom. The van der Waals surface area contributed by atoms with Gasteiger partial charge in [-0.05, 0) is 29.3 Å². The van der Waals surface area contributed by atoms with Crippen LogP contribution in [0.25, 0.3) is 5.57 Å². The molecule has 0 bridgehead atoms. The highest BCUT2D eigenvalue weighted by atomic mass is 19.4. The predicted molar refractivity (Wildman–Crippen MR) is 72.3 cm³/mol. The fraction of sp³-hybridized carbons (Fsp3) is 0.133. The molecule has 0 amide bonds. The maximum absolute atomic E-state index is 13.5. The molecule has 0 saturated carbocycles. The number of hydrogen-bond acceptors (Lipinski definition) is 3. The average Bonchev–Trinajstić information content (AvgIpc) is 2.36. The van der Waals surface area contributed by atoms with Crippen molar-refractivity contribution in [1.82, 2.24) is 0 Å². The molecule has 1 aromatic rings. The number of alkyl halides is 3. The number of halogens is 4. The van der Waals surface area contributed by atoms with Gasteiger partial charge in [-0.25, -0.2) is 4.39 Å².